The average Bonchev–Trinajstić information content (AvgIpc) is 3.28. The molecule has 154 valence electrons. The highest BCUT2D eigenvalue weighted by Crippen LogP contribution is 2.39. The number of benzene rings is 2. The summed E-state index contributed by atoms with van der Waals surface area (Å²) < 4.78 is 29.5. The molecule has 1 aromatic heterocycles. The highest BCUT2D eigenvalue weighted by atomic mass is 19.1. The Hall–Kier alpha value is -3.39. The van der Waals surface area contributed by atoms with E-state index in [1.165, 1.54) is 12.1 Å². The van der Waals surface area contributed by atoms with Gasteiger partial charge in [0.05, 0.1) is 29.3 Å². The van der Waals surface area contributed by atoms with Gasteiger partial charge in [0.2, 0.25) is 0 Å². The van der Waals surface area contributed by atoms with Crippen molar-refractivity contribution < 1.29 is 8.78 Å². The maximum atomic E-state index is 14.4. The standard InChI is InChI=1S/C22H22F2N6/c1-13-22-17-5-3-14(15-11-25-29(2)12-15)9-18(17)20(7-8-30(22)28-27-13)26-21-6-4-16(23)10-19(21)24/h3-6,9-12,20,26-28H,7-8H2,1-2H3. The molecule has 1 unspecified atom stereocenters. The molecule has 5 rings (SSSR count). The van der Waals surface area contributed by atoms with Crippen LogP contribution in [0.3, 0.4) is 0 Å². The summed E-state index contributed by atoms with van der Waals surface area (Å²) in [7, 11) is 1.89. The van der Waals surface area contributed by atoms with Gasteiger partial charge in [-0.2, -0.15) is 5.10 Å². The molecule has 0 spiro atoms. The Morgan fingerprint density at radius 2 is 2.00 bits per heavy atom. The Bertz CT molecular complexity index is 1150. The van der Waals surface area contributed by atoms with E-state index in [-0.39, 0.29) is 11.7 Å². The van der Waals surface area contributed by atoms with E-state index in [1.807, 2.05) is 26.4 Å². The number of allylic oxidation sites excluding steroid dienone is 1. The molecular formula is C22H22F2N6. The first-order chi connectivity index (χ1) is 14.5. The van der Waals surface area contributed by atoms with E-state index in [9.17, 15) is 8.78 Å². The molecule has 2 aliphatic rings. The van der Waals surface area contributed by atoms with Gasteiger partial charge < -0.3 is 10.7 Å². The zero-order chi connectivity index (χ0) is 20.8. The van der Waals surface area contributed by atoms with E-state index in [0.29, 0.717) is 0 Å². The van der Waals surface area contributed by atoms with Gasteiger partial charge in [-0.25, -0.2) is 8.78 Å². The lowest BCUT2D eigenvalue weighted by Crippen LogP contribution is -2.38. The van der Waals surface area contributed by atoms with Gasteiger partial charge in [-0.1, -0.05) is 12.1 Å². The van der Waals surface area contributed by atoms with Crippen molar-refractivity contribution in [1.29, 1.82) is 0 Å². The fourth-order valence-corrected chi connectivity index (χ4v) is 4.16. The lowest BCUT2D eigenvalue weighted by atomic mass is 9.93. The van der Waals surface area contributed by atoms with Crippen molar-refractivity contribution >= 4 is 11.4 Å². The molecule has 3 N–H and O–H groups in total. The summed E-state index contributed by atoms with van der Waals surface area (Å²) in [6, 6.07) is 9.78. The van der Waals surface area contributed by atoms with Crippen molar-refractivity contribution in [2.45, 2.75) is 19.4 Å². The quantitative estimate of drug-likeness (QED) is 0.613. The Morgan fingerprint density at radius 1 is 1.13 bits per heavy atom. The third-order valence-electron chi connectivity index (χ3n) is 5.63. The summed E-state index contributed by atoms with van der Waals surface area (Å²) >= 11 is 0. The molecule has 2 aromatic carbocycles. The van der Waals surface area contributed by atoms with Gasteiger partial charge in [0, 0.05) is 37.0 Å². The Labute approximate surface area is 173 Å². The maximum Gasteiger partial charge on any atom is 0.149 e. The van der Waals surface area contributed by atoms with Gasteiger partial charge >= 0.3 is 0 Å². The van der Waals surface area contributed by atoms with Crippen LogP contribution in [-0.4, -0.2) is 21.3 Å². The smallest absolute Gasteiger partial charge is 0.149 e. The number of rotatable bonds is 3. The van der Waals surface area contributed by atoms with E-state index in [0.717, 1.165) is 52.7 Å². The maximum absolute atomic E-state index is 14.4. The number of nitrogens with one attached hydrogen (secondary N) is 3. The fourth-order valence-electron chi connectivity index (χ4n) is 4.16. The first kappa shape index (κ1) is 18.6. The molecule has 3 heterocycles. The van der Waals surface area contributed by atoms with E-state index < -0.39 is 11.6 Å². The first-order valence-corrected chi connectivity index (χ1v) is 9.84. The number of hydrogen-bond acceptors (Lipinski definition) is 5. The molecule has 0 radical (unpaired) electrons. The van der Waals surface area contributed by atoms with Gasteiger partial charge in [0.1, 0.15) is 11.6 Å². The van der Waals surface area contributed by atoms with Crippen LogP contribution in [-0.2, 0) is 7.05 Å². The Morgan fingerprint density at radius 3 is 2.77 bits per heavy atom. The molecule has 0 bridgehead atoms. The molecular weight excluding hydrogens is 386 g/mol. The molecule has 0 fully saturated rings. The van der Waals surface area contributed by atoms with Crippen molar-refractivity contribution in [2.75, 3.05) is 11.9 Å². The molecule has 0 amide bonds. The fraction of sp³-hybridized carbons (Fsp3) is 0.227. The number of halogens is 2. The van der Waals surface area contributed by atoms with Crippen LogP contribution in [0, 0.1) is 11.6 Å². The Kier molecular flexibility index (Phi) is 4.43. The van der Waals surface area contributed by atoms with Gasteiger partial charge in [-0.05, 0) is 42.7 Å². The molecule has 6 nitrogen and oxygen atoms in total. The lowest BCUT2D eigenvalue weighted by Gasteiger charge is -2.21. The number of aryl methyl sites for hydroxylation is 1. The highest BCUT2D eigenvalue weighted by Gasteiger charge is 2.30. The molecule has 2 aliphatic heterocycles. The summed E-state index contributed by atoms with van der Waals surface area (Å²) in [6.45, 7) is 2.74. The molecule has 3 aromatic rings. The van der Waals surface area contributed by atoms with E-state index >= 15 is 0 Å². The zero-order valence-electron chi connectivity index (χ0n) is 16.7. The number of hydrazine groups is 2. The summed E-state index contributed by atoms with van der Waals surface area (Å²) in [5, 5.41) is 9.64. The summed E-state index contributed by atoms with van der Waals surface area (Å²) in [6.07, 6.45) is 4.53. The molecule has 30 heavy (non-hydrogen) atoms. The van der Waals surface area contributed by atoms with Crippen LogP contribution >= 0.6 is 0 Å². The number of anilines is 1. The normalized spacial score (nSPS) is 18.0. The second-order valence-corrected chi connectivity index (χ2v) is 7.68. The van der Waals surface area contributed by atoms with Gasteiger partial charge in [0.15, 0.2) is 0 Å². The molecule has 1 atom stereocenters. The van der Waals surface area contributed by atoms with Gasteiger partial charge in [-0.3, -0.25) is 9.69 Å². The first-order valence-electron chi connectivity index (χ1n) is 9.84. The Balaban J connectivity index is 1.62. The number of fused-ring (bicyclic) bond motifs is 3. The minimum atomic E-state index is -0.597. The number of nitrogens with zero attached hydrogens (tertiary/aromatic N) is 3. The van der Waals surface area contributed by atoms with Crippen molar-refractivity contribution in [1.82, 2.24) is 25.7 Å². The third-order valence-corrected chi connectivity index (χ3v) is 5.63. The number of hydrogen-bond donors (Lipinski definition) is 3. The average molecular weight is 408 g/mol. The third kappa shape index (κ3) is 3.19. The minimum absolute atomic E-state index is 0.149. The second-order valence-electron chi connectivity index (χ2n) is 7.68. The monoisotopic (exact) mass is 408 g/mol. The lowest BCUT2D eigenvalue weighted by molar-refractivity contribution is 0.281. The van der Waals surface area contributed by atoms with Gasteiger partial charge in [0.25, 0.3) is 0 Å². The predicted molar refractivity (Wildman–Crippen MR) is 112 cm³/mol. The zero-order valence-corrected chi connectivity index (χ0v) is 16.7. The molecule has 0 aliphatic carbocycles. The van der Waals surface area contributed by atoms with Crippen LogP contribution in [0.2, 0.25) is 0 Å². The molecule has 0 saturated heterocycles. The topological polar surface area (TPSA) is 57.2 Å². The van der Waals surface area contributed by atoms with E-state index in [1.54, 1.807) is 4.68 Å². The molecule has 0 saturated carbocycles. The molecule has 8 heteroatoms. The van der Waals surface area contributed by atoms with Crippen molar-refractivity contribution in [2.24, 2.45) is 7.05 Å². The number of aromatic nitrogens is 2. The van der Waals surface area contributed by atoms with Crippen LogP contribution < -0.4 is 16.3 Å². The SMILES string of the molecule is CC1=C2c3ccc(-c4cnn(C)c4)cc3C(Nc3ccc(F)cc3F)CCN2NN1. The summed E-state index contributed by atoms with van der Waals surface area (Å²) in [5.74, 6) is -1.19. The largest absolute Gasteiger partial charge is 0.376 e. The van der Waals surface area contributed by atoms with Crippen molar-refractivity contribution in [3.63, 3.8) is 0 Å². The summed E-state index contributed by atoms with van der Waals surface area (Å²) in [5.41, 5.74) is 12.9. The van der Waals surface area contributed by atoms with Crippen LogP contribution in [0.4, 0.5) is 14.5 Å². The van der Waals surface area contributed by atoms with Crippen molar-refractivity contribution in [3.05, 3.63) is 77.3 Å². The predicted octanol–water partition coefficient (Wildman–Crippen LogP) is 3.94. The van der Waals surface area contributed by atoms with Crippen LogP contribution in [0.15, 0.2) is 54.5 Å². The van der Waals surface area contributed by atoms with Gasteiger partial charge in [-0.15, -0.1) is 5.53 Å². The second kappa shape index (κ2) is 7.14. The summed E-state index contributed by atoms with van der Waals surface area (Å²) in [4.78, 5) is 0. The van der Waals surface area contributed by atoms with Crippen molar-refractivity contribution in [3.8, 4) is 11.1 Å². The van der Waals surface area contributed by atoms with Crippen LogP contribution in [0.1, 0.15) is 30.5 Å². The minimum Gasteiger partial charge on any atom is -0.376 e. The van der Waals surface area contributed by atoms with Crippen LogP contribution in [0.25, 0.3) is 16.8 Å². The van der Waals surface area contributed by atoms with E-state index in [4.69, 9.17) is 0 Å². The van der Waals surface area contributed by atoms with E-state index in [2.05, 4.69) is 44.6 Å². The van der Waals surface area contributed by atoms with Crippen LogP contribution in [0.5, 0.6) is 0 Å². The highest BCUT2D eigenvalue weighted by molar-refractivity contribution is 5.75.